The molecule has 4 rings (SSSR count). The van der Waals surface area contributed by atoms with E-state index in [-0.39, 0.29) is 33.8 Å². The summed E-state index contributed by atoms with van der Waals surface area (Å²) in [5.41, 5.74) is 0.803. The molecule has 0 unspecified atom stereocenters. The van der Waals surface area contributed by atoms with Gasteiger partial charge in [0.1, 0.15) is 6.07 Å². The molecule has 0 radical (unpaired) electrons. The number of aliphatic carboxylic acids is 1. The lowest BCUT2D eigenvalue weighted by atomic mass is 9.82. The van der Waals surface area contributed by atoms with E-state index < -0.39 is 11.8 Å². The van der Waals surface area contributed by atoms with Crippen LogP contribution < -0.4 is 10.1 Å². The second-order valence-corrected chi connectivity index (χ2v) is 6.93. The molecule has 6 nitrogen and oxygen atoms in total. The highest BCUT2D eigenvalue weighted by molar-refractivity contribution is 8.00. The first-order chi connectivity index (χ1) is 14.0. The Morgan fingerprint density at radius 1 is 0.931 bits per heavy atom. The van der Waals surface area contributed by atoms with Gasteiger partial charge in [0, 0.05) is 39.5 Å². The number of carboxylic acid groups (broad SMARTS) is 1. The van der Waals surface area contributed by atoms with E-state index in [1.807, 2.05) is 36.7 Å². The van der Waals surface area contributed by atoms with Gasteiger partial charge in [-0.15, -0.1) is 11.8 Å². The first-order valence-corrected chi connectivity index (χ1v) is 9.52. The van der Waals surface area contributed by atoms with Crippen LogP contribution in [0.15, 0.2) is 71.9 Å². The first kappa shape index (κ1) is 20.0. The number of nitrogens with one attached hydrogen (secondary N) is 1. The number of ketones is 2. The Morgan fingerprint density at radius 2 is 1.59 bits per heavy atom. The number of carbonyl (C=O) groups excluding carboxylic acids is 3. The van der Waals surface area contributed by atoms with Crippen LogP contribution in [-0.2, 0) is 4.79 Å². The van der Waals surface area contributed by atoms with Crippen molar-refractivity contribution in [1.29, 1.82) is 5.26 Å². The molecule has 0 amide bonds. The van der Waals surface area contributed by atoms with Crippen LogP contribution in [0.2, 0.25) is 0 Å². The summed E-state index contributed by atoms with van der Waals surface area (Å²) in [5, 5.41) is 20.0. The molecule has 29 heavy (non-hydrogen) atoms. The van der Waals surface area contributed by atoms with E-state index in [2.05, 4.69) is 4.98 Å². The fourth-order valence-corrected chi connectivity index (χ4v) is 3.61. The average molecular weight is 402 g/mol. The summed E-state index contributed by atoms with van der Waals surface area (Å²) in [4.78, 5) is 39.0. The zero-order chi connectivity index (χ0) is 20.8. The van der Waals surface area contributed by atoms with Gasteiger partial charge in [-0.2, -0.15) is 5.26 Å². The summed E-state index contributed by atoms with van der Waals surface area (Å²) in [6, 6.07) is 17.2. The number of hydrogen-bond acceptors (Lipinski definition) is 6. The third-order valence-corrected chi connectivity index (χ3v) is 5.15. The minimum absolute atomic E-state index is 0.0293. The van der Waals surface area contributed by atoms with Crippen molar-refractivity contribution in [3.8, 4) is 6.07 Å². The topological polar surface area (TPSA) is 112 Å². The van der Waals surface area contributed by atoms with Crippen LogP contribution in [0, 0.1) is 11.3 Å². The second kappa shape index (κ2) is 8.95. The summed E-state index contributed by atoms with van der Waals surface area (Å²) < 4.78 is 0. The van der Waals surface area contributed by atoms with Crippen LogP contribution in [0.4, 0.5) is 0 Å². The van der Waals surface area contributed by atoms with E-state index in [9.17, 15) is 24.8 Å². The van der Waals surface area contributed by atoms with Gasteiger partial charge in [0.15, 0.2) is 24.0 Å². The van der Waals surface area contributed by atoms with Crippen molar-refractivity contribution < 1.29 is 24.5 Å². The van der Waals surface area contributed by atoms with E-state index in [4.69, 9.17) is 0 Å². The molecular weight excluding hydrogens is 388 g/mol. The molecule has 0 saturated heterocycles. The molecule has 2 aromatic carbocycles. The Labute approximate surface area is 170 Å². The number of nitriles is 1. The van der Waals surface area contributed by atoms with Crippen molar-refractivity contribution in [1.82, 2.24) is 0 Å². The standard InChI is InChI=1S/C17H9NO4S.C5H5N/c18-7-12-13(23-8-14(19)20)6-5-11-15(12)17(22)10-4-2-1-3-9(10)16(11)21;1-2-4-6-5-3-1/h1-6H,8H2,(H,19,20);1-5H. The van der Waals surface area contributed by atoms with E-state index >= 15 is 0 Å². The number of aromatic amines is 1. The quantitative estimate of drug-likeness (QED) is 0.482. The Bertz CT molecular complexity index is 1110. The van der Waals surface area contributed by atoms with E-state index in [1.54, 1.807) is 24.3 Å². The molecule has 1 aliphatic rings. The van der Waals surface area contributed by atoms with Crippen molar-refractivity contribution in [3.05, 3.63) is 94.8 Å². The van der Waals surface area contributed by atoms with Gasteiger partial charge in [0.2, 0.25) is 0 Å². The Balaban J connectivity index is 0.000000343. The Kier molecular flexibility index (Phi) is 6.17. The number of rotatable bonds is 3. The van der Waals surface area contributed by atoms with Crippen LogP contribution in [0.1, 0.15) is 37.4 Å². The Morgan fingerprint density at radius 3 is 2.10 bits per heavy atom. The molecule has 0 saturated carbocycles. The summed E-state index contributed by atoms with van der Waals surface area (Å²) in [6.07, 6.45) is 3.75. The molecule has 3 aromatic rings. The van der Waals surface area contributed by atoms with Gasteiger partial charge in [-0.05, 0) is 12.1 Å². The molecule has 7 heteroatoms. The summed E-state index contributed by atoms with van der Waals surface area (Å²) >= 11 is 0.889. The molecule has 0 spiro atoms. The lowest BCUT2D eigenvalue weighted by molar-refractivity contribution is -0.378. The fourth-order valence-electron chi connectivity index (χ4n) is 2.88. The zero-order valence-electron chi connectivity index (χ0n) is 15.0. The second-order valence-electron chi connectivity index (χ2n) is 5.91. The first-order valence-electron chi connectivity index (χ1n) is 8.54. The molecule has 1 N–H and O–H groups in total. The molecule has 142 valence electrons. The van der Waals surface area contributed by atoms with Crippen LogP contribution in [-0.4, -0.2) is 23.3 Å². The monoisotopic (exact) mass is 402 g/mol. The van der Waals surface area contributed by atoms with Crippen LogP contribution >= 0.6 is 11.8 Å². The zero-order valence-corrected chi connectivity index (χ0v) is 15.9. The lowest BCUT2D eigenvalue weighted by Crippen LogP contribution is -2.25. The number of nitrogens with zero attached hydrogens (tertiary/aromatic N) is 1. The number of aromatic nitrogens is 1. The third kappa shape index (κ3) is 4.23. The van der Waals surface area contributed by atoms with Gasteiger partial charge < -0.3 is 9.90 Å². The van der Waals surface area contributed by atoms with Crippen LogP contribution in [0.5, 0.6) is 0 Å². The molecule has 1 aliphatic carbocycles. The molecule has 0 fully saturated rings. The highest BCUT2D eigenvalue weighted by Crippen LogP contribution is 2.34. The minimum Gasteiger partial charge on any atom is -0.549 e. The molecule has 0 bridgehead atoms. The largest absolute Gasteiger partial charge is 0.549 e. The average Bonchev–Trinajstić information content (AvgIpc) is 2.77. The summed E-state index contributed by atoms with van der Waals surface area (Å²) in [7, 11) is 0. The van der Waals surface area contributed by atoms with E-state index in [1.165, 1.54) is 12.1 Å². The number of pyridine rings is 1. The van der Waals surface area contributed by atoms with Gasteiger partial charge in [0.25, 0.3) is 0 Å². The molecule has 1 heterocycles. The SMILES string of the molecule is N#Cc1c(SCC(=O)[O-])ccc2c1C(=O)c1ccccc1C2=O.c1cc[nH+]cc1. The van der Waals surface area contributed by atoms with Crippen molar-refractivity contribution in [3.63, 3.8) is 0 Å². The summed E-state index contributed by atoms with van der Waals surface area (Å²) in [6.45, 7) is 0. The van der Waals surface area contributed by atoms with Gasteiger partial charge in [-0.25, -0.2) is 4.98 Å². The number of thioether (sulfide) groups is 1. The number of carboxylic acids is 1. The summed E-state index contributed by atoms with van der Waals surface area (Å²) in [5.74, 6) is -2.33. The number of fused-ring (bicyclic) bond motifs is 2. The highest BCUT2D eigenvalue weighted by Gasteiger charge is 2.32. The number of hydrogen-bond donors (Lipinski definition) is 0. The molecule has 0 atom stereocenters. The van der Waals surface area contributed by atoms with E-state index in [0.717, 1.165) is 11.8 Å². The van der Waals surface area contributed by atoms with Gasteiger partial charge >= 0.3 is 0 Å². The maximum absolute atomic E-state index is 12.7. The Hall–Kier alpha value is -3.76. The predicted octanol–water partition coefficient (Wildman–Crippen LogP) is 1.68. The van der Waals surface area contributed by atoms with Gasteiger partial charge in [0.05, 0.1) is 17.1 Å². The van der Waals surface area contributed by atoms with Crippen molar-refractivity contribution >= 4 is 29.3 Å². The minimum atomic E-state index is -1.27. The van der Waals surface area contributed by atoms with Crippen molar-refractivity contribution in [2.24, 2.45) is 0 Å². The number of carbonyl (C=O) groups is 3. The van der Waals surface area contributed by atoms with Crippen molar-refractivity contribution in [2.45, 2.75) is 4.90 Å². The molecule has 1 aromatic heterocycles. The van der Waals surface area contributed by atoms with Crippen LogP contribution in [0.3, 0.4) is 0 Å². The smallest absolute Gasteiger partial charge is 0.195 e. The molecule has 0 aliphatic heterocycles. The third-order valence-electron chi connectivity index (χ3n) is 4.12. The maximum atomic E-state index is 12.7. The number of H-pyrrole nitrogens is 1. The van der Waals surface area contributed by atoms with E-state index in [0.29, 0.717) is 10.5 Å². The van der Waals surface area contributed by atoms with Gasteiger partial charge in [-0.1, -0.05) is 30.3 Å². The maximum Gasteiger partial charge on any atom is 0.195 e. The molecular formula is C22H14N2O4S. The lowest BCUT2D eigenvalue weighted by Gasteiger charge is -2.19. The van der Waals surface area contributed by atoms with Crippen LogP contribution in [0.25, 0.3) is 0 Å². The predicted molar refractivity (Wildman–Crippen MR) is 103 cm³/mol. The van der Waals surface area contributed by atoms with Crippen molar-refractivity contribution in [2.75, 3.05) is 5.75 Å². The number of benzene rings is 2. The normalized spacial score (nSPS) is 11.4. The van der Waals surface area contributed by atoms with Gasteiger partial charge in [-0.3, -0.25) is 9.59 Å². The fraction of sp³-hybridized carbons (Fsp3) is 0.0455. The highest BCUT2D eigenvalue weighted by atomic mass is 32.2.